The Balaban J connectivity index is 3.07. The largest absolute Gasteiger partial charge is 0.466 e. The summed E-state index contributed by atoms with van der Waals surface area (Å²) in [4.78, 5) is 11.3. The van der Waals surface area contributed by atoms with E-state index in [9.17, 15) is 4.79 Å². The Morgan fingerprint density at radius 2 is 1.30 bits per heavy atom. The van der Waals surface area contributed by atoms with Crippen LogP contribution in [0, 0.1) is 0 Å². The summed E-state index contributed by atoms with van der Waals surface area (Å²) in [6.45, 7) is 3.33. The summed E-state index contributed by atoms with van der Waals surface area (Å²) in [6.07, 6.45) is 15.7. The molecule has 0 aromatic rings. The van der Waals surface area contributed by atoms with Crippen molar-refractivity contribution in [2.24, 2.45) is 5.73 Å². The summed E-state index contributed by atoms with van der Waals surface area (Å²) in [6, 6.07) is 0. The maximum Gasteiger partial charge on any atom is 0.305 e. The van der Waals surface area contributed by atoms with Crippen LogP contribution in [0.25, 0.3) is 0 Å². The Morgan fingerprint density at radius 1 is 0.800 bits per heavy atom. The van der Waals surface area contributed by atoms with Gasteiger partial charge in [0.15, 0.2) is 0 Å². The second-order valence-electron chi connectivity index (χ2n) is 5.65. The molecule has 0 heterocycles. The third-order valence-electron chi connectivity index (χ3n) is 3.60. The first-order chi connectivity index (χ1) is 9.81. The summed E-state index contributed by atoms with van der Waals surface area (Å²) in [5.41, 5.74) is 5.34. The van der Waals surface area contributed by atoms with Gasteiger partial charge in [-0.3, -0.25) is 4.79 Å². The molecule has 0 aromatic carbocycles. The van der Waals surface area contributed by atoms with Gasteiger partial charge in [0.25, 0.3) is 0 Å². The molecular weight excluding hydrogens is 250 g/mol. The van der Waals surface area contributed by atoms with Crippen LogP contribution in [0.5, 0.6) is 0 Å². The van der Waals surface area contributed by atoms with Crippen molar-refractivity contribution in [3.05, 3.63) is 0 Å². The second-order valence-corrected chi connectivity index (χ2v) is 5.65. The third kappa shape index (κ3) is 15.5. The number of carbonyl (C=O) groups excluding carboxylic acids is 1. The maximum absolute atomic E-state index is 11.3. The van der Waals surface area contributed by atoms with Crippen LogP contribution in [0.1, 0.15) is 90.4 Å². The molecule has 0 spiro atoms. The molecule has 0 aliphatic rings. The van der Waals surface area contributed by atoms with Crippen LogP contribution in [0.4, 0.5) is 0 Å². The van der Waals surface area contributed by atoms with Crippen molar-refractivity contribution in [1.29, 1.82) is 0 Å². The predicted molar refractivity (Wildman–Crippen MR) is 85.7 cm³/mol. The van der Waals surface area contributed by atoms with E-state index >= 15 is 0 Å². The molecule has 3 heteroatoms. The minimum atomic E-state index is -0.0608. The first kappa shape index (κ1) is 19.4. The molecule has 20 heavy (non-hydrogen) atoms. The molecule has 0 atom stereocenters. The Morgan fingerprint density at radius 3 is 1.80 bits per heavy atom. The van der Waals surface area contributed by atoms with E-state index in [1.807, 2.05) is 0 Å². The number of esters is 1. The number of carbonyl (C=O) groups is 1. The zero-order valence-electron chi connectivity index (χ0n) is 13.5. The Kier molecular flexibility index (Phi) is 16.0. The monoisotopic (exact) mass is 285 g/mol. The Hall–Kier alpha value is -0.570. The molecule has 0 bridgehead atoms. The van der Waals surface area contributed by atoms with Crippen LogP contribution in [0.3, 0.4) is 0 Å². The highest BCUT2D eigenvalue weighted by Gasteiger charge is 2.01. The lowest BCUT2D eigenvalue weighted by Crippen LogP contribution is -2.09. The molecule has 2 N–H and O–H groups in total. The first-order valence-corrected chi connectivity index (χ1v) is 8.67. The van der Waals surface area contributed by atoms with E-state index in [-0.39, 0.29) is 5.97 Å². The van der Waals surface area contributed by atoms with Crippen molar-refractivity contribution < 1.29 is 9.53 Å². The molecule has 0 aliphatic heterocycles. The third-order valence-corrected chi connectivity index (χ3v) is 3.60. The molecule has 0 amide bonds. The van der Waals surface area contributed by atoms with E-state index < -0.39 is 0 Å². The van der Waals surface area contributed by atoms with E-state index in [2.05, 4.69) is 6.92 Å². The fourth-order valence-corrected chi connectivity index (χ4v) is 2.28. The minimum Gasteiger partial charge on any atom is -0.466 e. The Bertz CT molecular complexity index is 207. The molecule has 0 fully saturated rings. The van der Waals surface area contributed by atoms with Gasteiger partial charge in [0, 0.05) is 6.42 Å². The quantitative estimate of drug-likeness (QED) is 0.354. The summed E-state index contributed by atoms with van der Waals surface area (Å²) in [7, 11) is 0. The van der Waals surface area contributed by atoms with Crippen LogP contribution in [-0.2, 0) is 9.53 Å². The van der Waals surface area contributed by atoms with E-state index in [4.69, 9.17) is 10.5 Å². The topological polar surface area (TPSA) is 52.3 Å². The fraction of sp³-hybridized carbons (Fsp3) is 0.941. The van der Waals surface area contributed by atoms with Gasteiger partial charge in [-0.05, 0) is 19.4 Å². The fourth-order valence-electron chi connectivity index (χ4n) is 2.28. The van der Waals surface area contributed by atoms with E-state index in [0.29, 0.717) is 19.6 Å². The first-order valence-electron chi connectivity index (χ1n) is 8.67. The van der Waals surface area contributed by atoms with Crippen LogP contribution in [0.15, 0.2) is 0 Å². The van der Waals surface area contributed by atoms with Gasteiger partial charge >= 0.3 is 5.97 Å². The van der Waals surface area contributed by atoms with Crippen molar-refractivity contribution in [1.82, 2.24) is 0 Å². The molecule has 0 unspecified atom stereocenters. The van der Waals surface area contributed by atoms with Crippen molar-refractivity contribution in [3.63, 3.8) is 0 Å². The van der Waals surface area contributed by atoms with E-state index in [1.165, 1.54) is 57.8 Å². The number of ether oxygens (including phenoxy) is 1. The number of hydrogen-bond acceptors (Lipinski definition) is 3. The molecule has 0 rings (SSSR count). The lowest BCUT2D eigenvalue weighted by Gasteiger charge is -2.04. The molecule has 0 saturated heterocycles. The van der Waals surface area contributed by atoms with Crippen LogP contribution >= 0.6 is 0 Å². The smallest absolute Gasteiger partial charge is 0.305 e. The molecule has 120 valence electrons. The van der Waals surface area contributed by atoms with Crippen molar-refractivity contribution >= 4 is 5.97 Å². The molecule has 0 saturated carbocycles. The van der Waals surface area contributed by atoms with Crippen LogP contribution in [-0.4, -0.2) is 19.1 Å². The van der Waals surface area contributed by atoms with E-state index in [1.54, 1.807) is 0 Å². The van der Waals surface area contributed by atoms with Crippen molar-refractivity contribution in [2.45, 2.75) is 90.4 Å². The Labute approximate surface area is 125 Å². The zero-order valence-corrected chi connectivity index (χ0v) is 13.5. The number of unbranched alkanes of at least 4 members (excludes halogenated alkanes) is 10. The van der Waals surface area contributed by atoms with Crippen molar-refractivity contribution in [3.8, 4) is 0 Å². The van der Waals surface area contributed by atoms with Gasteiger partial charge in [0.1, 0.15) is 0 Å². The normalized spacial score (nSPS) is 10.7. The van der Waals surface area contributed by atoms with Gasteiger partial charge in [-0.2, -0.15) is 0 Å². The average Bonchev–Trinajstić information content (AvgIpc) is 2.45. The summed E-state index contributed by atoms with van der Waals surface area (Å²) in [5.74, 6) is -0.0608. The number of rotatable bonds is 15. The highest BCUT2D eigenvalue weighted by atomic mass is 16.5. The van der Waals surface area contributed by atoms with Crippen LogP contribution < -0.4 is 5.73 Å². The van der Waals surface area contributed by atoms with Gasteiger partial charge < -0.3 is 10.5 Å². The molecule has 3 nitrogen and oxygen atoms in total. The van der Waals surface area contributed by atoms with Crippen molar-refractivity contribution in [2.75, 3.05) is 13.2 Å². The van der Waals surface area contributed by atoms with Crippen LogP contribution in [0.2, 0.25) is 0 Å². The summed E-state index contributed by atoms with van der Waals surface area (Å²) < 4.78 is 5.06. The summed E-state index contributed by atoms with van der Waals surface area (Å²) in [5, 5.41) is 0. The standard InChI is InChI=1S/C17H35NO2/c1-2-3-4-5-6-7-8-9-10-11-12-14-17(19)20-16-13-15-18/h2-16,18H2,1H3. The number of nitrogens with two attached hydrogens (primary N) is 1. The second kappa shape index (κ2) is 16.5. The molecular formula is C17H35NO2. The summed E-state index contributed by atoms with van der Waals surface area (Å²) >= 11 is 0. The van der Waals surface area contributed by atoms with E-state index in [0.717, 1.165) is 19.3 Å². The zero-order chi connectivity index (χ0) is 14.9. The SMILES string of the molecule is CCCCCCCCCCCCCC(=O)OCCCN. The maximum atomic E-state index is 11.3. The molecule has 0 aromatic heterocycles. The van der Waals surface area contributed by atoms with Gasteiger partial charge in [-0.15, -0.1) is 0 Å². The van der Waals surface area contributed by atoms with Gasteiger partial charge in [0.2, 0.25) is 0 Å². The average molecular weight is 285 g/mol. The van der Waals surface area contributed by atoms with Gasteiger partial charge in [-0.25, -0.2) is 0 Å². The van der Waals surface area contributed by atoms with Gasteiger partial charge in [-0.1, -0.05) is 71.1 Å². The lowest BCUT2D eigenvalue weighted by molar-refractivity contribution is -0.143. The highest BCUT2D eigenvalue weighted by molar-refractivity contribution is 5.69. The predicted octanol–water partition coefficient (Wildman–Crippen LogP) is 4.58. The molecule has 0 radical (unpaired) electrons. The minimum absolute atomic E-state index is 0.0608. The lowest BCUT2D eigenvalue weighted by atomic mass is 10.1. The van der Waals surface area contributed by atoms with Gasteiger partial charge in [0.05, 0.1) is 6.61 Å². The number of hydrogen-bond donors (Lipinski definition) is 1. The molecule has 0 aliphatic carbocycles. The highest BCUT2D eigenvalue weighted by Crippen LogP contribution is 2.12.